The number of hydrogen-bond donors (Lipinski definition) is 0. The molecular weight excluding hydrogens is 192 g/mol. The van der Waals surface area contributed by atoms with Crippen molar-refractivity contribution in [3.8, 4) is 0 Å². The third-order valence-corrected chi connectivity index (χ3v) is 2.22. The van der Waals surface area contributed by atoms with E-state index in [4.69, 9.17) is 0 Å². The molecule has 0 aliphatic rings. The summed E-state index contributed by atoms with van der Waals surface area (Å²) >= 11 is 0. The SMILES string of the molecule is CC(=O)CCCCN(C)CC(=O)N(C)C. The van der Waals surface area contributed by atoms with Gasteiger partial charge in [0.25, 0.3) is 0 Å². The fourth-order valence-electron chi connectivity index (χ4n) is 1.21. The fourth-order valence-corrected chi connectivity index (χ4v) is 1.21. The van der Waals surface area contributed by atoms with Crippen molar-refractivity contribution in [1.29, 1.82) is 0 Å². The monoisotopic (exact) mass is 214 g/mol. The summed E-state index contributed by atoms with van der Waals surface area (Å²) in [6.07, 6.45) is 2.53. The van der Waals surface area contributed by atoms with Crippen molar-refractivity contribution in [2.45, 2.75) is 26.2 Å². The number of carbonyl (C=O) groups excluding carboxylic acids is 2. The molecule has 15 heavy (non-hydrogen) atoms. The minimum Gasteiger partial charge on any atom is -0.348 e. The van der Waals surface area contributed by atoms with E-state index in [-0.39, 0.29) is 11.7 Å². The van der Waals surface area contributed by atoms with Crippen LogP contribution in [0.3, 0.4) is 0 Å². The zero-order valence-electron chi connectivity index (χ0n) is 10.2. The first-order valence-corrected chi connectivity index (χ1v) is 5.31. The fraction of sp³-hybridized carbons (Fsp3) is 0.818. The molecule has 0 aliphatic heterocycles. The molecule has 0 atom stereocenters. The number of likely N-dealkylation sites (N-methyl/N-ethyl adjacent to an activating group) is 2. The highest BCUT2D eigenvalue weighted by Gasteiger charge is 2.07. The molecule has 0 aromatic heterocycles. The standard InChI is InChI=1S/C11H22N2O2/c1-10(14)7-5-6-8-13(4)9-11(15)12(2)3/h5-9H2,1-4H3. The molecule has 0 radical (unpaired) electrons. The van der Waals surface area contributed by atoms with Crippen molar-refractivity contribution in [2.75, 3.05) is 34.2 Å². The third kappa shape index (κ3) is 8.12. The van der Waals surface area contributed by atoms with Gasteiger partial charge in [-0.15, -0.1) is 0 Å². The summed E-state index contributed by atoms with van der Waals surface area (Å²) < 4.78 is 0. The lowest BCUT2D eigenvalue weighted by molar-refractivity contribution is -0.129. The quantitative estimate of drug-likeness (QED) is 0.588. The smallest absolute Gasteiger partial charge is 0.236 e. The number of carbonyl (C=O) groups is 2. The van der Waals surface area contributed by atoms with Gasteiger partial charge >= 0.3 is 0 Å². The van der Waals surface area contributed by atoms with Crippen LogP contribution in [-0.2, 0) is 9.59 Å². The van der Waals surface area contributed by atoms with E-state index in [2.05, 4.69) is 0 Å². The molecule has 0 fully saturated rings. The summed E-state index contributed by atoms with van der Waals surface area (Å²) in [6, 6.07) is 0. The molecule has 0 N–H and O–H groups in total. The van der Waals surface area contributed by atoms with E-state index in [1.54, 1.807) is 25.9 Å². The Morgan fingerprint density at radius 1 is 1.07 bits per heavy atom. The van der Waals surface area contributed by atoms with Crippen molar-refractivity contribution >= 4 is 11.7 Å². The topological polar surface area (TPSA) is 40.6 Å². The zero-order valence-corrected chi connectivity index (χ0v) is 10.2. The van der Waals surface area contributed by atoms with Gasteiger partial charge in [0, 0.05) is 20.5 Å². The van der Waals surface area contributed by atoms with E-state index < -0.39 is 0 Å². The maximum absolute atomic E-state index is 11.3. The van der Waals surface area contributed by atoms with Crippen molar-refractivity contribution < 1.29 is 9.59 Å². The normalized spacial score (nSPS) is 10.5. The van der Waals surface area contributed by atoms with Gasteiger partial charge in [-0.1, -0.05) is 0 Å². The van der Waals surface area contributed by atoms with E-state index in [0.717, 1.165) is 19.4 Å². The number of Topliss-reactive ketones (excluding diaryl/α,β-unsaturated/α-hetero) is 1. The number of unbranched alkanes of at least 4 members (excludes halogenated alkanes) is 1. The first kappa shape index (κ1) is 14.1. The average Bonchev–Trinajstić information content (AvgIpc) is 2.12. The molecular formula is C11H22N2O2. The summed E-state index contributed by atoms with van der Waals surface area (Å²) in [7, 11) is 5.44. The Morgan fingerprint density at radius 3 is 2.13 bits per heavy atom. The van der Waals surface area contributed by atoms with Crippen LogP contribution in [0, 0.1) is 0 Å². The van der Waals surface area contributed by atoms with E-state index in [9.17, 15) is 9.59 Å². The highest BCUT2D eigenvalue weighted by Crippen LogP contribution is 1.98. The molecule has 0 aliphatic carbocycles. The van der Waals surface area contributed by atoms with Gasteiger partial charge in [0.15, 0.2) is 0 Å². The number of amides is 1. The molecule has 0 saturated heterocycles. The molecule has 0 spiro atoms. The number of nitrogens with zero attached hydrogens (tertiary/aromatic N) is 2. The highest BCUT2D eigenvalue weighted by molar-refractivity contribution is 5.77. The van der Waals surface area contributed by atoms with Crippen LogP contribution in [0.1, 0.15) is 26.2 Å². The lowest BCUT2D eigenvalue weighted by Gasteiger charge is -2.18. The van der Waals surface area contributed by atoms with Gasteiger partial charge in [-0.3, -0.25) is 9.69 Å². The van der Waals surface area contributed by atoms with Crippen molar-refractivity contribution in [2.24, 2.45) is 0 Å². The summed E-state index contributed by atoms with van der Waals surface area (Å²) in [4.78, 5) is 25.6. The van der Waals surface area contributed by atoms with Crippen LogP contribution < -0.4 is 0 Å². The Morgan fingerprint density at radius 2 is 1.67 bits per heavy atom. The summed E-state index contributed by atoms with van der Waals surface area (Å²) in [5.41, 5.74) is 0. The van der Waals surface area contributed by atoms with Crippen molar-refractivity contribution in [3.63, 3.8) is 0 Å². The van der Waals surface area contributed by atoms with Gasteiger partial charge in [-0.05, 0) is 33.4 Å². The number of ketones is 1. The maximum Gasteiger partial charge on any atom is 0.236 e. The van der Waals surface area contributed by atoms with Gasteiger partial charge in [0.1, 0.15) is 5.78 Å². The second-order valence-corrected chi connectivity index (χ2v) is 4.19. The third-order valence-electron chi connectivity index (χ3n) is 2.22. The minimum absolute atomic E-state index is 0.115. The molecule has 0 saturated carbocycles. The molecule has 0 rings (SSSR count). The van der Waals surface area contributed by atoms with E-state index >= 15 is 0 Å². The lowest BCUT2D eigenvalue weighted by atomic mass is 10.2. The molecule has 0 heterocycles. The predicted molar refractivity (Wildman–Crippen MR) is 60.7 cm³/mol. The Balaban J connectivity index is 3.53. The average molecular weight is 214 g/mol. The first-order valence-electron chi connectivity index (χ1n) is 5.31. The van der Waals surface area contributed by atoms with Gasteiger partial charge < -0.3 is 9.69 Å². The minimum atomic E-state index is 0.115. The van der Waals surface area contributed by atoms with E-state index in [1.807, 2.05) is 11.9 Å². The van der Waals surface area contributed by atoms with Crippen LogP contribution in [0.5, 0.6) is 0 Å². The summed E-state index contributed by atoms with van der Waals surface area (Å²) in [5, 5.41) is 0. The number of hydrogen-bond acceptors (Lipinski definition) is 3. The van der Waals surface area contributed by atoms with Crippen LogP contribution >= 0.6 is 0 Å². The molecule has 88 valence electrons. The van der Waals surface area contributed by atoms with Crippen LogP contribution in [0.2, 0.25) is 0 Å². The Labute approximate surface area is 92.2 Å². The van der Waals surface area contributed by atoms with Gasteiger partial charge in [-0.25, -0.2) is 0 Å². The van der Waals surface area contributed by atoms with E-state index in [1.165, 1.54) is 0 Å². The lowest BCUT2D eigenvalue weighted by Crippen LogP contribution is -2.34. The number of rotatable bonds is 7. The second kappa shape index (κ2) is 7.40. The summed E-state index contributed by atoms with van der Waals surface area (Å²) in [5.74, 6) is 0.353. The summed E-state index contributed by atoms with van der Waals surface area (Å²) in [6.45, 7) is 2.93. The molecule has 1 amide bonds. The van der Waals surface area contributed by atoms with Crippen molar-refractivity contribution in [3.05, 3.63) is 0 Å². The molecule has 0 bridgehead atoms. The van der Waals surface area contributed by atoms with Crippen LogP contribution in [0.15, 0.2) is 0 Å². The first-order chi connectivity index (χ1) is 6.93. The predicted octanol–water partition coefficient (Wildman–Crippen LogP) is 0.766. The van der Waals surface area contributed by atoms with Crippen molar-refractivity contribution in [1.82, 2.24) is 9.80 Å². The van der Waals surface area contributed by atoms with Crippen LogP contribution in [0.25, 0.3) is 0 Å². The molecule has 4 heteroatoms. The van der Waals surface area contributed by atoms with Crippen LogP contribution in [0.4, 0.5) is 0 Å². The van der Waals surface area contributed by atoms with Crippen LogP contribution in [-0.4, -0.2) is 55.7 Å². The maximum atomic E-state index is 11.3. The second-order valence-electron chi connectivity index (χ2n) is 4.19. The molecule has 0 aromatic rings. The van der Waals surface area contributed by atoms with Gasteiger partial charge in [-0.2, -0.15) is 0 Å². The van der Waals surface area contributed by atoms with Gasteiger partial charge in [0.2, 0.25) is 5.91 Å². The van der Waals surface area contributed by atoms with E-state index in [0.29, 0.717) is 13.0 Å². The Kier molecular flexibility index (Phi) is 6.96. The van der Waals surface area contributed by atoms with Gasteiger partial charge in [0.05, 0.1) is 6.54 Å². The molecule has 4 nitrogen and oxygen atoms in total. The molecule has 0 unspecified atom stereocenters. The Hall–Kier alpha value is -0.900. The highest BCUT2D eigenvalue weighted by atomic mass is 16.2. The Bertz CT molecular complexity index is 215. The molecule has 0 aromatic carbocycles. The largest absolute Gasteiger partial charge is 0.348 e. The zero-order chi connectivity index (χ0) is 11.8.